The lowest BCUT2D eigenvalue weighted by atomic mass is 9.78. The van der Waals surface area contributed by atoms with E-state index in [9.17, 15) is 5.11 Å². The highest BCUT2D eigenvalue weighted by molar-refractivity contribution is 6.36. The van der Waals surface area contributed by atoms with Crippen LogP contribution < -0.4 is 0 Å². The molecule has 0 bridgehead atoms. The summed E-state index contributed by atoms with van der Waals surface area (Å²) in [7, 11) is 1.68. The molecule has 0 heterocycles. The minimum Gasteiger partial charge on any atom is -0.390 e. The van der Waals surface area contributed by atoms with Gasteiger partial charge < -0.3 is 9.84 Å². The Labute approximate surface area is 124 Å². The molecule has 106 valence electrons. The summed E-state index contributed by atoms with van der Waals surface area (Å²) in [6, 6.07) is 5.42. The maximum absolute atomic E-state index is 10.6. The number of hydrogen-bond donors (Lipinski definition) is 1. The fourth-order valence-corrected chi connectivity index (χ4v) is 3.48. The molecule has 1 saturated carbocycles. The molecule has 2 rings (SSSR count). The van der Waals surface area contributed by atoms with E-state index in [-0.39, 0.29) is 0 Å². The smallest absolute Gasteiger partial charge is 0.0939 e. The van der Waals surface area contributed by atoms with Crippen LogP contribution in [0, 0.1) is 0 Å². The molecule has 1 unspecified atom stereocenters. The maximum atomic E-state index is 10.6. The van der Waals surface area contributed by atoms with Crippen molar-refractivity contribution in [1.29, 1.82) is 0 Å². The van der Waals surface area contributed by atoms with E-state index in [4.69, 9.17) is 27.9 Å². The molecule has 0 spiro atoms. The van der Waals surface area contributed by atoms with E-state index in [2.05, 4.69) is 0 Å². The number of ether oxygens (including phenoxy) is 1. The lowest BCUT2D eigenvalue weighted by Gasteiger charge is -2.40. The number of aliphatic hydroxyl groups excluding tert-OH is 1. The van der Waals surface area contributed by atoms with Gasteiger partial charge in [-0.25, -0.2) is 0 Å². The Balaban J connectivity index is 2.17. The molecule has 1 aliphatic carbocycles. The standard InChI is InChI=1S/C15H20Cl2O2/c1-19-15(8-3-2-4-9-15)14(18)10-11-12(16)6-5-7-13(11)17/h5-7,14,18H,2-4,8-10H2,1H3. The van der Waals surface area contributed by atoms with Crippen LogP contribution in [-0.2, 0) is 11.2 Å². The van der Waals surface area contributed by atoms with Crippen molar-refractivity contribution < 1.29 is 9.84 Å². The van der Waals surface area contributed by atoms with Crippen LogP contribution in [0.2, 0.25) is 10.0 Å². The van der Waals surface area contributed by atoms with Crippen molar-refractivity contribution in [2.24, 2.45) is 0 Å². The minimum absolute atomic E-state index is 0.437. The molecule has 1 atom stereocenters. The first-order valence-electron chi connectivity index (χ1n) is 6.75. The van der Waals surface area contributed by atoms with E-state index >= 15 is 0 Å². The van der Waals surface area contributed by atoms with Gasteiger partial charge in [0.15, 0.2) is 0 Å². The first-order chi connectivity index (χ1) is 9.09. The van der Waals surface area contributed by atoms with Crippen LogP contribution in [0.4, 0.5) is 0 Å². The van der Waals surface area contributed by atoms with Crippen molar-refractivity contribution >= 4 is 23.2 Å². The molecule has 1 aliphatic rings. The maximum Gasteiger partial charge on any atom is 0.0939 e. The van der Waals surface area contributed by atoms with Gasteiger partial charge in [0, 0.05) is 23.6 Å². The van der Waals surface area contributed by atoms with E-state index < -0.39 is 11.7 Å². The third-order valence-corrected chi connectivity index (χ3v) is 4.88. The molecule has 0 saturated heterocycles. The Morgan fingerprint density at radius 3 is 2.32 bits per heavy atom. The second-order valence-corrected chi connectivity index (χ2v) is 6.06. The highest BCUT2D eigenvalue weighted by Gasteiger charge is 2.39. The first-order valence-corrected chi connectivity index (χ1v) is 7.51. The monoisotopic (exact) mass is 302 g/mol. The quantitative estimate of drug-likeness (QED) is 0.901. The molecule has 1 fully saturated rings. The number of hydrogen-bond acceptors (Lipinski definition) is 2. The predicted molar refractivity (Wildman–Crippen MR) is 79.0 cm³/mol. The zero-order chi connectivity index (χ0) is 13.9. The molecule has 0 radical (unpaired) electrons. The number of methoxy groups -OCH3 is 1. The normalized spacial score (nSPS) is 20.2. The molecule has 0 amide bonds. The van der Waals surface area contributed by atoms with Crippen LogP contribution in [0.15, 0.2) is 18.2 Å². The van der Waals surface area contributed by atoms with E-state index in [1.807, 2.05) is 6.07 Å². The summed E-state index contributed by atoms with van der Waals surface area (Å²) >= 11 is 12.3. The van der Waals surface area contributed by atoms with E-state index in [0.717, 1.165) is 31.2 Å². The highest BCUT2D eigenvalue weighted by atomic mass is 35.5. The number of aliphatic hydroxyl groups is 1. The van der Waals surface area contributed by atoms with Gasteiger partial charge in [-0.1, -0.05) is 48.5 Å². The molecule has 0 aromatic heterocycles. The number of rotatable bonds is 4. The van der Waals surface area contributed by atoms with Crippen molar-refractivity contribution in [3.63, 3.8) is 0 Å². The fraction of sp³-hybridized carbons (Fsp3) is 0.600. The number of halogens is 2. The van der Waals surface area contributed by atoms with Crippen LogP contribution in [0.3, 0.4) is 0 Å². The van der Waals surface area contributed by atoms with Crippen molar-refractivity contribution in [2.45, 2.75) is 50.2 Å². The molecule has 4 heteroatoms. The predicted octanol–water partition coefficient (Wildman–Crippen LogP) is 4.25. The van der Waals surface area contributed by atoms with Crippen molar-refractivity contribution in [3.05, 3.63) is 33.8 Å². The van der Waals surface area contributed by atoms with Crippen molar-refractivity contribution in [1.82, 2.24) is 0 Å². The van der Waals surface area contributed by atoms with Gasteiger partial charge in [0.1, 0.15) is 0 Å². The largest absolute Gasteiger partial charge is 0.390 e. The lowest BCUT2D eigenvalue weighted by molar-refractivity contribution is -0.122. The highest BCUT2D eigenvalue weighted by Crippen LogP contribution is 2.37. The third kappa shape index (κ3) is 3.25. The van der Waals surface area contributed by atoms with Gasteiger partial charge in [0.2, 0.25) is 0 Å². The van der Waals surface area contributed by atoms with Gasteiger partial charge in [-0.05, 0) is 30.5 Å². The molecule has 1 aromatic carbocycles. The van der Waals surface area contributed by atoms with Crippen LogP contribution >= 0.6 is 23.2 Å². The van der Waals surface area contributed by atoms with Crippen LogP contribution in [0.25, 0.3) is 0 Å². The minimum atomic E-state index is -0.574. The van der Waals surface area contributed by atoms with E-state index in [1.54, 1.807) is 19.2 Å². The zero-order valence-electron chi connectivity index (χ0n) is 11.2. The molecule has 0 aliphatic heterocycles. The van der Waals surface area contributed by atoms with Crippen LogP contribution in [0.1, 0.15) is 37.7 Å². The zero-order valence-corrected chi connectivity index (χ0v) is 12.7. The van der Waals surface area contributed by atoms with Gasteiger partial charge in [-0.2, -0.15) is 0 Å². The van der Waals surface area contributed by atoms with Gasteiger partial charge >= 0.3 is 0 Å². The lowest BCUT2D eigenvalue weighted by Crippen LogP contribution is -2.47. The second-order valence-electron chi connectivity index (χ2n) is 5.25. The third-order valence-electron chi connectivity index (χ3n) is 4.17. The van der Waals surface area contributed by atoms with Crippen LogP contribution in [0.5, 0.6) is 0 Å². The summed E-state index contributed by atoms with van der Waals surface area (Å²) in [6.07, 6.45) is 5.06. The van der Waals surface area contributed by atoms with Crippen LogP contribution in [-0.4, -0.2) is 23.9 Å². The summed E-state index contributed by atoms with van der Waals surface area (Å²) < 4.78 is 5.66. The van der Waals surface area contributed by atoms with Gasteiger partial charge in [-0.15, -0.1) is 0 Å². The summed E-state index contributed by atoms with van der Waals surface area (Å²) in [6.45, 7) is 0. The second kappa shape index (κ2) is 6.45. The Morgan fingerprint density at radius 2 is 1.79 bits per heavy atom. The average molecular weight is 303 g/mol. The Morgan fingerprint density at radius 1 is 1.21 bits per heavy atom. The summed E-state index contributed by atoms with van der Waals surface area (Å²) in [5, 5.41) is 11.8. The Kier molecular flexibility index (Phi) is 5.13. The summed E-state index contributed by atoms with van der Waals surface area (Å²) in [4.78, 5) is 0. The Hall–Kier alpha value is -0.280. The topological polar surface area (TPSA) is 29.5 Å². The van der Waals surface area contributed by atoms with Gasteiger partial charge in [-0.3, -0.25) is 0 Å². The van der Waals surface area contributed by atoms with Gasteiger partial charge in [0.25, 0.3) is 0 Å². The van der Waals surface area contributed by atoms with Crippen molar-refractivity contribution in [3.8, 4) is 0 Å². The SMILES string of the molecule is COC1(C(O)Cc2c(Cl)cccc2Cl)CCCCC1. The molecule has 2 nitrogen and oxygen atoms in total. The van der Waals surface area contributed by atoms with E-state index in [1.165, 1.54) is 6.42 Å². The molecular formula is C15H20Cl2O2. The molecule has 19 heavy (non-hydrogen) atoms. The average Bonchev–Trinajstić information content (AvgIpc) is 2.43. The van der Waals surface area contributed by atoms with Crippen molar-refractivity contribution in [2.75, 3.05) is 7.11 Å². The Bertz CT molecular complexity index is 408. The molecular weight excluding hydrogens is 283 g/mol. The number of benzene rings is 1. The summed E-state index contributed by atoms with van der Waals surface area (Å²) in [5.74, 6) is 0. The first kappa shape index (κ1) is 15.1. The fourth-order valence-electron chi connectivity index (χ4n) is 2.93. The molecule has 1 aromatic rings. The summed E-state index contributed by atoms with van der Waals surface area (Å²) in [5.41, 5.74) is 0.362. The van der Waals surface area contributed by atoms with E-state index in [0.29, 0.717) is 16.5 Å². The molecule has 1 N–H and O–H groups in total. The van der Waals surface area contributed by atoms with Gasteiger partial charge in [0.05, 0.1) is 11.7 Å².